The molecule has 0 bridgehead atoms. The van der Waals surface area contributed by atoms with E-state index in [4.69, 9.17) is 5.73 Å². The summed E-state index contributed by atoms with van der Waals surface area (Å²) in [6.45, 7) is 1.68. The van der Waals surface area contributed by atoms with E-state index in [0.717, 1.165) is 17.3 Å². The highest BCUT2D eigenvalue weighted by Gasteiger charge is 2.29. The Balaban J connectivity index is 1.93. The molecule has 146 valence electrons. The van der Waals surface area contributed by atoms with Crippen LogP contribution in [0.2, 0.25) is 0 Å². The summed E-state index contributed by atoms with van der Waals surface area (Å²) in [4.78, 5) is 12.4. The predicted molar refractivity (Wildman–Crippen MR) is 110 cm³/mol. The molecule has 0 radical (unpaired) electrons. The second kappa shape index (κ2) is 8.07. The fourth-order valence-electron chi connectivity index (χ4n) is 2.64. The predicted octanol–water partition coefficient (Wildman–Crippen LogP) is 2.97. The highest BCUT2D eigenvalue weighted by molar-refractivity contribution is 7.99. The Bertz CT molecular complexity index is 1090. The SMILES string of the molecule is CSc1nn(CC(=O)Nc2ccccc2)c(N)c1S(=O)(=O)c1ccc(C)cc1. The molecule has 0 spiro atoms. The van der Waals surface area contributed by atoms with Crippen LogP contribution in [0.1, 0.15) is 5.56 Å². The zero-order valence-corrected chi connectivity index (χ0v) is 17.0. The molecule has 1 amide bonds. The van der Waals surface area contributed by atoms with Gasteiger partial charge in [-0.15, -0.1) is 11.8 Å². The number of amides is 1. The van der Waals surface area contributed by atoms with Crippen LogP contribution in [-0.2, 0) is 21.2 Å². The minimum Gasteiger partial charge on any atom is -0.383 e. The van der Waals surface area contributed by atoms with Crippen LogP contribution < -0.4 is 11.1 Å². The van der Waals surface area contributed by atoms with Gasteiger partial charge in [0.05, 0.1) is 4.90 Å². The standard InChI is InChI=1S/C19H20N4O3S2/c1-13-8-10-15(11-9-13)28(25,26)17-18(20)23(22-19(17)27-2)12-16(24)21-14-6-4-3-5-7-14/h3-11H,12,20H2,1-2H3,(H,21,24). The van der Waals surface area contributed by atoms with Gasteiger partial charge >= 0.3 is 0 Å². The van der Waals surface area contributed by atoms with E-state index in [-0.39, 0.29) is 33.1 Å². The van der Waals surface area contributed by atoms with Crippen molar-refractivity contribution >= 4 is 39.0 Å². The maximum atomic E-state index is 13.1. The lowest BCUT2D eigenvalue weighted by Crippen LogP contribution is -2.21. The molecule has 0 aliphatic carbocycles. The molecule has 1 heterocycles. The lowest BCUT2D eigenvalue weighted by atomic mass is 10.2. The largest absolute Gasteiger partial charge is 0.383 e. The smallest absolute Gasteiger partial charge is 0.246 e. The Hall–Kier alpha value is -2.78. The minimum absolute atomic E-state index is 0.0619. The van der Waals surface area contributed by atoms with E-state index < -0.39 is 9.84 Å². The molecule has 0 unspecified atom stereocenters. The van der Waals surface area contributed by atoms with Gasteiger partial charge in [-0.05, 0) is 37.4 Å². The van der Waals surface area contributed by atoms with Crippen LogP contribution in [0.3, 0.4) is 0 Å². The molecule has 9 heteroatoms. The van der Waals surface area contributed by atoms with Crippen LogP contribution >= 0.6 is 11.8 Å². The molecule has 3 aromatic rings. The first kappa shape index (κ1) is 20.0. The van der Waals surface area contributed by atoms with Crippen molar-refractivity contribution in [1.82, 2.24) is 9.78 Å². The summed E-state index contributed by atoms with van der Waals surface area (Å²) in [6.07, 6.45) is 1.71. The fourth-order valence-corrected chi connectivity index (χ4v) is 5.07. The normalized spacial score (nSPS) is 11.4. The third-order valence-electron chi connectivity index (χ3n) is 4.06. The van der Waals surface area contributed by atoms with Crippen molar-refractivity contribution in [1.29, 1.82) is 0 Å². The average Bonchev–Trinajstić information content (AvgIpc) is 2.99. The number of benzene rings is 2. The Morgan fingerprint density at radius 3 is 2.39 bits per heavy atom. The highest BCUT2D eigenvalue weighted by Crippen LogP contribution is 2.34. The molecular formula is C19H20N4O3S2. The second-order valence-electron chi connectivity index (χ2n) is 6.11. The van der Waals surface area contributed by atoms with E-state index in [0.29, 0.717) is 5.69 Å². The number of nitrogens with two attached hydrogens (primary N) is 1. The van der Waals surface area contributed by atoms with Crippen molar-refractivity contribution in [3.05, 3.63) is 60.2 Å². The number of aromatic nitrogens is 2. The summed E-state index contributed by atoms with van der Waals surface area (Å²) in [6, 6.07) is 15.5. The van der Waals surface area contributed by atoms with E-state index >= 15 is 0 Å². The van der Waals surface area contributed by atoms with Gasteiger partial charge < -0.3 is 11.1 Å². The summed E-state index contributed by atoms with van der Waals surface area (Å²) < 4.78 is 27.4. The van der Waals surface area contributed by atoms with Crippen LogP contribution in [-0.4, -0.2) is 30.4 Å². The molecule has 0 aliphatic rings. The van der Waals surface area contributed by atoms with Crippen molar-refractivity contribution in [3.63, 3.8) is 0 Å². The Morgan fingerprint density at radius 1 is 1.14 bits per heavy atom. The van der Waals surface area contributed by atoms with E-state index in [1.165, 1.54) is 16.8 Å². The fraction of sp³-hybridized carbons (Fsp3) is 0.158. The number of para-hydroxylation sites is 1. The first-order valence-electron chi connectivity index (χ1n) is 8.40. The summed E-state index contributed by atoms with van der Waals surface area (Å²) >= 11 is 1.16. The van der Waals surface area contributed by atoms with Gasteiger partial charge in [0, 0.05) is 5.69 Å². The molecular weight excluding hydrogens is 396 g/mol. The minimum atomic E-state index is -3.86. The van der Waals surface area contributed by atoms with Crippen molar-refractivity contribution in [3.8, 4) is 0 Å². The quantitative estimate of drug-likeness (QED) is 0.598. The molecule has 0 saturated carbocycles. The molecule has 3 rings (SSSR count). The number of nitrogens with zero attached hydrogens (tertiary/aromatic N) is 2. The monoisotopic (exact) mass is 416 g/mol. The Kier molecular flexibility index (Phi) is 5.76. The number of thioether (sulfide) groups is 1. The number of rotatable bonds is 6. The number of hydrogen-bond donors (Lipinski definition) is 2. The maximum Gasteiger partial charge on any atom is 0.246 e. The van der Waals surface area contributed by atoms with Gasteiger partial charge in [0.1, 0.15) is 22.3 Å². The molecule has 28 heavy (non-hydrogen) atoms. The van der Waals surface area contributed by atoms with E-state index in [1.54, 1.807) is 42.7 Å². The molecule has 0 saturated heterocycles. The number of nitrogens with one attached hydrogen (secondary N) is 1. The van der Waals surface area contributed by atoms with Gasteiger partial charge in [-0.3, -0.25) is 4.79 Å². The molecule has 2 aromatic carbocycles. The van der Waals surface area contributed by atoms with Crippen molar-refractivity contribution < 1.29 is 13.2 Å². The summed E-state index contributed by atoms with van der Waals surface area (Å²) in [5, 5.41) is 7.22. The summed E-state index contributed by atoms with van der Waals surface area (Å²) in [5.41, 5.74) is 7.69. The number of nitrogen functional groups attached to an aromatic ring is 1. The van der Waals surface area contributed by atoms with Gasteiger partial charge in [0.25, 0.3) is 0 Å². The second-order valence-corrected chi connectivity index (χ2v) is 8.79. The lowest BCUT2D eigenvalue weighted by molar-refractivity contribution is -0.116. The number of anilines is 2. The van der Waals surface area contributed by atoms with Gasteiger partial charge in [0.15, 0.2) is 0 Å². The Morgan fingerprint density at radius 2 is 1.79 bits per heavy atom. The van der Waals surface area contributed by atoms with Gasteiger partial charge in [-0.2, -0.15) is 5.10 Å². The van der Waals surface area contributed by atoms with E-state index in [9.17, 15) is 13.2 Å². The van der Waals surface area contributed by atoms with E-state index in [2.05, 4.69) is 10.4 Å². The highest BCUT2D eigenvalue weighted by atomic mass is 32.2. The Labute approximate surface area is 167 Å². The van der Waals surface area contributed by atoms with Crippen molar-refractivity contribution in [2.45, 2.75) is 28.3 Å². The van der Waals surface area contributed by atoms with Crippen molar-refractivity contribution in [2.75, 3.05) is 17.3 Å². The maximum absolute atomic E-state index is 13.1. The molecule has 7 nitrogen and oxygen atoms in total. The lowest BCUT2D eigenvalue weighted by Gasteiger charge is -2.08. The molecule has 0 fully saturated rings. The summed E-state index contributed by atoms with van der Waals surface area (Å²) in [5.74, 6) is -0.416. The number of hydrogen-bond acceptors (Lipinski definition) is 6. The number of aryl methyl sites for hydroxylation is 1. The van der Waals surface area contributed by atoms with Gasteiger partial charge in [-0.25, -0.2) is 13.1 Å². The molecule has 0 atom stereocenters. The first-order chi connectivity index (χ1) is 13.3. The third kappa shape index (κ3) is 4.05. The zero-order chi connectivity index (χ0) is 20.3. The van der Waals surface area contributed by atoms with Crippen LogP contribution in [0.4, 0.5) is 11.5 Å². The molecule has 1 aromatic heterocycles. The summed E-state index contributed by atoms with van der Waals surface area (Å²) in [7, 11) is -3.86. The number of carbonyl (C=O) groups is 1. The van der Waals surface area contributed by atoms with E-state index in [1.807, 2.05) is 13.0 Å². The molecule has 0 aliphatic heterocycles. The van der Waals surface area contributed by atoms with Crippen LogP contribution in [0.15, 0.2) is 69.4 Å². The first-order valence-corrected chi connectivity index (χ1v) is 11.1. The number of sulfone groups is 1. The van der Waals surface area contributed by atoms with Crippen LogP contribution in [0.5, 0.6) is 0 Å². The number of carbonyl (C=O) groups excluding carboxylic acids is 1. The topological polar surface area (TPSA) is 107 Å². The third-order valence-corrected chi connectivity index (χ3v) is 6.70. The van der Waals surface area contributed by atoms with Gasteiger partial charge in [0.2, 0.25) is 15.7 Å². The molecule has 3 N–H and O–H groups in total. The van der Waals surface area contributed by atoms with Crippen LogP contribution in [0.25, 0.3) is 0 Å². The van der Waals surface area contributed by atoms with Gasteiger partial charge in [-0.1, -0.05) is 35.9 Å². The van der Waals surface area contributed by atoms with Crippen LogP contribution in [0, 0.1) is 6.92 Å². The zero-order valence-electron chi connectivity index (χ0n) is 15.4. The average molecular weight is 417 g/mol. The van der Waals surface area contributed by atoms with Crippen molar-refractivity contribution in [2.24, 2.45) is 0 Å².